The van der Waals surface area contributed by atoms with Gasteiger partial charge in [-0.1, -0.05) is 13.7 Å². The van der Waals surface area contributed by atoms with Gasteiger partial charge in [-0.2, -0.15) is 0 Å². The zero-order valence-corrected chi connectivity index (χ0v) is 12.6. The Morgan fingerprint density at radius 3 is 0.500 bits per heavy atom. The summed E-state index contributed by atoms with van der Waals surface area (Å²) in [5.41, 5.74) is 0. The molecule has 0 saturated carbocycles. The molecule has 84 valence electrons. The van der Waals surface area contributed by atoms with E-state index in [1.807, 2.05) is 0 Å². The Morgan fingerprint density at radius 1 is 0.500 bits per heavy atom. The van der Waals surface area contributed by atoms with Gasteiger partial charge < -0.3 is 29.4 Å². The molecule has 0 atom stereocenters. The van der Waals surface area contributed by atoms with Crippen LogP contribution in [0.5, 0.6) is 0 Å². The molecule has 0 aromatic carbocycles. The molecule has 0 N–H and O–H groups in total. The summed E-state index contributed by atoms with van der Waals surface area (Å²) in [6, 6.07) is 0. The maximum absolute atomic E-state index is 8.48. The van der Waals surface area contributed by atoms with Crippen molar-refractivity contribution in [1.29, 1.82) is 0 Å². The van der Waals surface area contributed by atoms with Crippen molar-refractivity contribution in [2.45, 2.75) is 0 Å². The predicted octanol–water partition coefficient (Wildman–Crippen LogP) is -4.91. The van der Waals surface area contributed by atoms with Crippen molar-refractivity contribution in [2.24, 2.45) is 0 Å². The van der Waals surface area contributed by atoms with Gasteiger partial charge in [-0.3, -0.25) is 0 Å². The summed E-state index contributed by atoms with van der Waals surface area (Å²) in [6.07, 6.45) is 0. The molecule has 9 nitrogen and oxygen atoms in total. The molecule has 0 saturated heterocycles. The largest absolute Gasteiger partial charge is 3.00 e. The van der Waals surface area contributed by atoms with Crippen LogP contribution in [0.25, 0.3) is 0 Å². The second-order valence-electron chi connectivity index (χ2n) is 0.671. The van der Waals surface area contributed by atoms with E-state index in [2.05, 4.69) is 0 Å². The van der Waals surface area contributed by atoms with Crippen LogP contribution in [-0.4, -0.2) is 0 Å². The molecule has 0 aromatic heterocycles. The summed E-state index contributed by atoms with van der Waals surface area (Å²) in [6.45, 7) is 0. The van der Waals surface area contributed by atoms with Crippen molar-refractivity contribution in [2.75, 3.05) is 0 Å². The summed E-state index contributed by atoms with van der Waals surface area (Å²) in [5.74, 6) is 0. The topological polar surface area (TPSA) is 190 Å². The second kappa shape index (κ2) is 24.7. The van der Waals surface area contributed by atoms with Crippen molar-refractivity contribution in [3.8, 4) is 0 Å². The van der Waals surface area contributed by atoms with E-state index in [0.717, 1.165) is 0 Å². The fraction of sp³-hybridized carbons (Fsp3) is 0. The van der Waals surface area contributed by atoms with Gasteiger partial charge in [0.15, 0.2) is 0 Å². The first-order valence-electron chi connectivity index (χ1n) is 1.64. The monoisotopic (exact) mass is 555 g/mol. The normalized spacial score (nSPS) is 5.57. The molecule has 0 aliphatic rings. The quantitative estimate of drug-likeness (QED) is 0.264. The van der Waals surface area contributed by atoms with E-state index in [1.54, 1.807) is 0 Å². The summed E-state index contributed by atoms with van der Waals surface area (Å²) >= 11 is 0. The molecule has 0 amide bonds. The van der Waals surface area contributed by atoms with Crippen LogP contribution >= 0.6 is 24.8 Å². The summed E-state index contributed by atoms with van der Waals surface area (Å²) in [7, 11) is -10.1. The first-order chi connectivity index (χ1) is 5.20. The van der Waals surface area contributed by atoms with Crippen LogP contribution in [0.4, 0.5) is 0 Å². The summed E-state index contributed by atoms with van der Waals surface area (Å²) in [5, 5.41) is 0. The van der Waals surface area contributed by atoms with Crippen LogP contribution < -0.4 is 29.4 Å². The Bertz CT molecular complexity index is 116. The third-order valence-corrected chi connectivity index (χ3v) is 0. The minimum Gasteiger partial charge on any atom is -0.598 e. The van der Waals surface area contributed by atoms with Gasteiger partial charge >= 0.3 is 77.2 Å². The van der Waals surface area contributed by atoms with Crippen molar-refractivity contribution in [3.63, 3.8) is 0 Å². The fourth-order valence-electron chi connectivity index (χ4n) is 0. The maximum Gasteiger partial charge on any atom is 3.00 e. The third-order valence-electron chi connectivity index (χ3n) is 0. The Hall–Kier alpha value is 2.63. The van der Waals surface area contributed by atoms with Crippen LogP contribution in [0.1, 0.15) is 0 Å². The van der Waals surface area contributed by atoms with Gasteiger partial charge in [0.25, 0.3) is 24.8 Å². The molecule has 0 bridgehead atoms. The van der Waals surface area contributed by atoms with Crippen LogP contribution in [0.15, 0.2) is 0 Å². The van der Waals surface area contributed by atoms with Crippen molar-refractivity contribution < 1.29 is 120 Å². The molecule has 0 fully saturated rings. The smallest absolute Gasteiger partial charge is 0.598 e. The van der Waals surface area contributed by atoms with E-state index in [0.29, 0.717) is 0 Å². The third kappa shape index (κ3) is 393. The van der Waals surface area contributed by atoms with E-state index in [9.17, 15) is 0 Å². The van der Waals surface area contributed by atoms with E-state index in [4.69, 9.17) is 43.1 Å². The molecule has 0 unspecified atom stereocenters. The first kappa shape index (κ1) is 30.0. The molecule has 0 radical (unpaired) electrons. The molecular weight excluding hydrogens is 555 g/mol. The van der Waals surface area contributed by atoms with Gasteiger partial charge in [0, 0.05) is 0 Å². The molecule has 0 aliphatic carbocycles. The number of rotatable bonds is 0. The van der Waals surface area contributed by atoms with Gasteiger partial charge in [-0.15, -0.1) is 0 Å². The Balaban J connectivity index is -0.0000000270. The van der Waals surface area contributed by atoms with Gasteiger partial charge in [-0.25, -0.2) is 0 Å². The molecule has 0 rings (SSSR count). The fourth-order valence-corrected chi connectivity index (χ4v) is 0. The van der Waals surface area contributed by atoms with E-state index in [-0.39, 0.29) is 77.2 Å². The summed E-state index contributed by atoms with van der Waals surface area (Å²) < 4.78 is 25.4. The number of hydrogen-bond acceptors (Lipinski definition) is 9. The molecule has 0 heterocycles. The predicted molar refractivity (Wildman–Crippen MR) is 22.8 cm³/mol. The first-order valence-corrected chi connectivity index (χ1v) is 4.93. The minimum atomic E-state index is -3.37. The van der Waals surface area contributed by atoms with Gasteiger partial charge in [0.2, 0.25) is 0 Å². The van der Waals surface area contributed by atoms with Crippen LogP contribution in [0.3, 0.4) is 0 Å². The SMILES string of the molecule is O=[P+]([O-])[O-].O=[P+]([O-])[O-].O=[P+]([O-])[O-].[Tb+3].[Tb+3]. The summed E-state index contributed by atoms with van der Waals surface area (Å²) in [4.78, 5) is 50.9. The number of hydrogen-bond donors (Lipinski definition) is 0. The van der Waals surface area contributed by atoms with Crippen molar-refractivity contribution in [3.05, 3.63) is 0 Å². The standard InChI is InChI=1S/3HO3P.2Tb/c3*1-4(2)3;;/h3*(H,1,2,3);;/q;;;2*+3/p-3. The Morgan fingerprint density at radius 2 is 0.500 bits per heavy atom. The zero-order valence-electron chi connectivity index (χ0n) is 5.68. The van der Waals surface area contributed by atoms with Gasteiger partial charge in [0.05, 0.1) is 0 Å². The Kier molecular flexibility index (Phi) is 53.1. The van der Waals surface area contributed by atoms with E-state index >= 15 is 0 Å². The zero-order chi connectivity index (χ0) is 10.7. The molecular formula is O9P3Tb2+3. The molecule has 0 spiro atoms. The van der Waals surface area contributed by atoms with Crippen LogP contribution in [0, 0.1) is 77.2 Å². The molecule has 0 aromatic rings. The van der Waals surface area contributed by atoms with Crippen molar-refractivity contribution >= 4 is 24.8 Å². The van der Waals surface area contributed by atoms with E-state index < -0.39 is 24.8 Å². The molecule has 14 heteroatoms. The average molecular weight is 555 g/mol. The van der Waals surface area contributed by atoms with Gasteiger partial charge in [-0.05, 0) is 0 Å². The molecule has 14 heavy (non-hydrogen) atoms. The maximum atomic E-state index is 8.48. The van der Waals surface area contributed by atoms with Gasteiger partial charge in [0.1, 0.15) is 0 Å². The minimum absolute atomic E-state index is 0. The van der Waals surface area contributed by atoms with Crippen molar-refractivity contribution in [1.82, 2.24) is 0 Å². The van der Waals surface area contributed by atoms with Crippen LogP contribution in [-0.2, 0) is 13.7 Å². The molecule has 0 aliphatic heterocycles. The van der Waals surface area contributed by atoms with E-state index in [1.165, 1.54) is 0 Å². The average Bonchev–Trinajstić information content (AvgIpc) is 1.54. The second-order valence-corrected chi connectivity index (χ2v) is 2.01. The Labute approximate surface area is 143 Å². The van der Waals surface area contributed by atoms with Crippen LogP contribution in [0.2, 0.25) is 0 Å².